The molecule has 2 rings (SSSR count). The van der Waals surface area contributed by atoms with Gasteiger partial charge in [0.2, 0.25) is 5.91 Å². The second kappa shape index (κ2) is 5.27. The van der Waals surface area contributed by atoms with Crippen LogP contribution in [0.2, 0.25) is 0 Å². The highest BCUT2D eigenvalue weighted by Gasteiger charge is 2.23. The van der Waals surface area contributed by atoms with E-state index in [0.29, 0.717) is 19.4 Å². The van der Waals surface area contributed by atoms with Crippen LogP contribution in [0.4, 0.5) is 10.1 Å². The second-order valence-electron chi connectivity index (χ2n) is 4.17. The number of aryl methyl sites for hydroxylation is 1. The minimum Gasteiger partial charge on any atom is -0.315 e. The lowest BCUT2D eigenvalue weighted by Gasteiger charge is -2.29. The average Bonchev–Trinajstić information content (AvgIpc) is 2.32. The molecule has 0 saturated heterocycles. The first-order valence-corrected chi connectivity index (χ1v) is 6.02. The predicted molar refractivity (Wildman–Crippen MR) is 65.6 cm³/mol. The largest absolute Gasteiger partial charge is 0.315 e. The Bertz CT molecular complexity index is 420. The Morgan fingerprint density at radius 3 is 3.00 bits per heavy atom. The third-order valence-corrected chi connectivity index (χ3v) is 3.01. The quantitative estimate of drug-likeness (QED) is 0.807. The third kappa shape index (κ3) is 2.64. The summed E-state index contributed by atoms with van der Waals surface area (Å²) in [5.74, 6) is -0.201. The highest BCUT2D eigenvalue weighted by Crippen LogP contribution is 2.28. The number of hydrogen-bond donors (Lipinski definition) is 1. The molecule has 0 bridgehead atoms. The first-order valence-electron chi connectivity index (χ1n) is 6.02. The molecule has 1 aliphatic rings. The summed E-state index contributed by atoms with van der Waals surface area (Å²) in [6, 6.07) is 4.69. The van der Waals surface area contributed by atoms with Crippen LogP contribution >= 0.6 is 0 Å². The van der Waals surface area contributed by atoms with Gasteiger partial charge >= 0.3 is 0 Å². The van der Waals surface area contributed by atoms with E-state index >= 15 is 0 Å². The number of hydrogen-bond acceptors (Lipinski definition) is 2. The SMILES string of the molecule is CCNCCN1C(=O)CCc2ccc(F)cc21. The zero-order valence-electron chi connectivity index (χ0n) is 10.0. The number of amides is 1. The van der Waals surface area contributed by atoms with Crippen LogP contribution in [0.1, 0.15) is 18.9 Å². The fourth-order valence-corrected chi connectivity index (χ4v) is 2.12. The molecule has 17 heavy (non-hydrogen) atoms. The topological polar surface area (TPSA) is 32.3 Å². The third-order valence-electron chi connectivity index (χ3n) is 3.01. The Balaban J connectivity index is 2.20. The van der Waals surface area contributed by atoms with Crippen LogP contribution in [0.15, 0.2) is 18.2 Å². The lowest BCUT2D eigenvalue weighted by molar-refractivity contribution is -0.118. The van der Waals surface area contributed by atoms with Crippen molar-refractivity contribution in [2.75, 3.05) is 24.5 Å². The summed E-state index contributed by atoms with van der Waals surface area (Å²) < 4.78 is 13.2. The molecule has 0 spiro atoms. The Morgan fingerprint density at radius 1 is 1.41 bits per heavy atom. The van der Waals surface area contributed by atoms with Gasteiger partial charge in [-0.15, -0.1) is 0 Å². The Morgan fingerprint density at radius 2 is 2.24 bits per heavy atom. The fourth-order valence-electron chi connectivity index (χ4n) is 2.12. The number of carbonyl (C=O) groups excluding carboxylic acids is 1. The molecular formula is C13H17FN2O. The van der Waals surface area contributed by atoms with Crippen molar-refractivity contribution >= 4 is 11.6 Å². The zero-order valence-corrected chi connectivity index (χ0v) is 10.0. The van der Waals surface area contributed by atoms with Gasteiger partial charge in [-0.3, -0.25) is 4.79 Å². The van der Waals surface area contributed by atoms with Gasteiger partial charge in [-0.05, 0) is 30.7 Å². The Labute approximate surface area is 101 Å². The van der Waals surface area contributed by atoms with Crippen LogP contribution in [0.3, 0.4) is 0 Å². The molecule has 1 heterocycles. The highest BCUT2D eigenvalue weighted by molar-refractivity contribution is 5.96. The van der Waals surface area contributed by atoms with Crippen LogP contribution < -0.4 is 10.2 Å². The molecule has 1 aromatic carbocycles. The van der Waals surface area contributed by atoms with Crippen LogP contribution in [0.25, 0.3) is 0 Å². The van der Waals surface area contributed by atoms with Crippen LogP contribution in [0, 0.1) is 5.82 Å². The Kier molecular flexibility index (Phi) is 3.74. The maximum Gasteiger partial charge on any atom is 0.227 e. The molecule has 92 valence electrons. The molecular weight excluding hydrogens is 219 g/mol. The summed E-state index contributed by atoms with van der Waals surface area (Å²) in [6.45, 7) is 4.23. The van der Waals surface area contributed by atoms with E-state index in [1.807, 2.05) is 6.92 Å². The number of anilines is 1. The molecule has 4 heteroatoms. The molecule has 1 aromatic rings. The number of halogens is 1. The van der Waals surface area contributed by atoms with Crippen molar-refractivity contribution in [1.29, 1.82) is 0 Å². The molecule has 0 radical (unpaired) electrons. The van der Waals surface area contributed by atoms with Gasteiger partial charge in [0.15, 0.2) is 0 Å². The smallest absolute Gasteiger partial charge is 0.227 e. The van der Waals surface area contributed by atoms with Gasteiger partial charge in [0.25, 0.3) is 0 Å². The van der Waals surface area contributed by atoms with Gasteiger partial charge in [-0.25, -0.2) is 4.39 Å². The second-order valence-corrected chi connectivity index (χ2v) is 4.17. The van der Waals surface area contributed by atoms with Crippen LogP contribution in [-0.2, 0) is 11.2 Å². The number of nitrogens with zero attached hydrogens (tertiary/aromatic N) is 1. The van der Waals surface area contributed by atoms with Crippen LogP contribution in [-0.4, -0.2) is 25.5 Å². The van der Waals surface area contributed by atoms with Crippen molar-refractivity contribution in [3.05, 3.63) is 29.6 Å². The van der Waals surface area contributed by atoms with E-state index < -0.39 is 0 Å². The molecule has 0 fully saturated rings. The molecule has 1 N–H and O–H groups in total. The van der Waals surface area contributed by atoms with Crippen molar-refractivity contribution in [2.24, 2.45) is 0 Å². The van der Waals surface area contributed by atoms with E-state index in [-0.39, 0.29) is 11.7 Å². The molecule has 0 saturated carbocycles. The van der Waals surface area contributed by atoms with E-state index in [4.69, 9.17) is 0 Å². The summed E-state index contributed by atoms with van der Waals surface area (Å²) >= 11 is 0. The minimum absolute atomic E-state index is 0.0843. The normalized spacial score (nSPS) is 14.9. The van der Waals surface area contributed by atoms with E-state index in [9.17, 15) is 9.18 Å². The van der Waals surface area contributed by atoms with E-state index in [1.54, 1.807) is 11.0 Å². The molecule has 1 amide bonds. The number of likely N-dealkylation sites (N-methyl/N-ethyl adjacent to an activating group) is 1. The standard InChI is InChI=1S/C13H17FN2O/c1-2-15-7-8-16-12-9-11(14)5-3-10(12)4-6-13(16)17/h3,5,9,15H,2,4,6-8H2,1H3. The molecule has 3 nitrogen and oxygen atoms in total. The summed E-state index contributed by atoms with van der Waals surface area (Å²) in [7, 11) is 0. The summed E-state index contributed by atoms with van der Waals surface area (Å²) in [4.78, 5) is 13.5. The predicted octanol–water partition coefficient (Wildman–Crippen LogP) is 1.71. The summed E-state index contributed by atoms with van der Waals surface area (Å²) in [6.07, 6.45) is 1.23. The number of carbonyl (C=O) groups is 1. The number of benzene rings is 1. The van der Waals surface area contributed by atoms with Crippen molar-refractivity contribution in [3.8, 4) is 0 Å². The Hall–Kier alpha value is -1.42. The fraction of sp³-hybridized carbons (Fsp3) is 0.462. The van der Waals surface area contributed by atoms with Gasteiger partial charge < -0.3 is 10.2 Å². The molecule has 0 unspecified atom stereocenters. The number of nitrogens with one attached hydrogen (secondary N) is 1. The molecule has 1 aliphatic heterocycles. The van der Waals surface area contributed by atoms with E-state index in [1.165, 1.54) is 12.1 Å². The van der Waals surface area contributed by atoms with Gasteiger partial charge in [0, 0.05) is 25.2 Å². The van der Waals surface area contributed by atoms with Gasteiger partial charge in [-0.2, -0.15) is 0 Å². The van der Waals surface area contributed by atoms with Crippen LogP contribution in [0.5, 0.6) is 0 Å². The number of rotatable bonds is 4. The van der Waals surface area contributed by atoms with Crippen molar-refractivity contribution in [1.82, 2.24) is 5.32 Å². The van der Waals surface area contributed by atoms with Gasteiger partial charge in [-0.1, -0.05) is 13.0 Å². The first kappa shape index (κ1) is 12.0. The summed E-state index contributed by atoms with van der Waals surface area (Å²) in [5.41, 5.74) is 1.79. The monoisotopic (exact) mass is 236 g/mol. The van der Waals surface area contributed by atoms with Crippen molar-refractivity contribution in [2.45, 2.75) is 19.8 Å². The average molecular weight is 236 g/mol. The maximum atomic E-state index is 13.2. The van der Waals surface area contributed by atoms with Gasteiger partial charge in [0.1, 0.15) is 5.82 Å². The zero-order chi connectivity index (χ0) is 12.3. The first-order chi connectivity index (χ1) is 8.22. The highest BCUT2D eigenvalue weighted by atomic mass is 19.1. The van der Waals surface area contributed by atoms with E-state index in [2.05, 4.69) is 5.32 Å². The minimum atomic E-state index is -0.285. The maximum absolute atomic E-state index is 13.2. The van der Waals surface area contributed by atoms with Crippen molar-refractivity contribution in [3.63, 3.8) is 0 Å². The molecule has 0 aliphatic carbocycles. The molecule has 0 atom stereocenters. The van der Waals surface area contributed by atoms with E-state index in [0.717, 1.165) is 24.3 Å². The number of fused-ring (bicyclic) bond motifs is 1. The summed E-state index contributed by atoms with van der Waals surface area (Å²) in [5, 5.41) is 3.17. The lowest BCUT2D eigenvalue weighted by Crippen LogP contribution is -2.39. The molecule has 0 aromatic heterocycles. The van der Waals surface area contributed by atoms with Gasteiger partial charge in [0.05, 0.1) is 0 Å². The van der Waals surface area contributed by atoms with Crippen molar-refractivity contribution < 1.29 is 9.18 Å². The lowest BCUT2D eigenvalue weighted by atomic mass is 10.0.